The summed E-state index contributed by atoms with van der Waals surface area (Å²) in [7, 11) is 0. The van der Waals surface area contributed by atoms with Gasteiger partial charge in [-0.25, -0.2) is 0 Å². The number of benzene rings is 1. The Labute approximate surface area is 234 Å². The molecule has 2 aromatic heterocycles. The smallest absolute Gasteiger partial charge is 0.290 e. The molecular weight excluding hydrogens is 518 g/mol. The van der Waals surface area contributed by atoms with Crippen LogP contribution in [0.5, 0.6) is 0 Å². The van der Waals surface area contributed by atoms with Crippen molar-refractivity contribution in [3.05, 3.63) is 82.2 Å². The van der Waals surface area contributed by atoms with Crippen molar-refractivity contribution in [1.29, 1.82) is 0 Å². The number of halogens is 1. The number of hydrogen-bond acceptors (Lipinski definition) is 6. The minimum absolute atomic E-state index is 0.0748. The number of ether oxygens (including phenoxy) is 1. The molecule has 1 aliphatic carbocycles. The first-order chi connectivity index (χ1) is 19.0. The zero-order valence-electron chi connectivity index (χ0n) is 22.4. The van der Waals surface area contributed by atoms with Gasteiger partial charge < -0.3 is 23.8 Å². The van der Waals surface area contributed by atoms with Crippen molar-refractivity contribution in [3.63, 3.8) is 0 Å². The van der Waals surface area contributed by atoms with Crippen LogP contribution >= 0.6 is 11.6 Å². The average molecular weight is 554 g/mol. The first-order valence-electron chi connectivity index (χ1n) is 13.8. The van der Waals surface area contributed by atoms with Gasteiger partial charge in [0.2, 0.25) is 0 Å². The van der Waals surface area contributed by atoms with Crippen LogP contribution in [0, 0.1) is 6.92 Å². The summed E-state index contributed by atoms with van der Waals surface area (Å²) < 4.78 is 17.4. The molecule has 5 rings (SSSR count). The highest BCUT2D eigenvalue weighted by molar-refractivity contribution is 6.31. The number of nitrogens with zero attached hydrogens (tertiary/aromatic N) is 2. The summed E-state index contributed by atoms with van der Waals surface area (Å²) >= 11 is 6.52. The molecule has 0 unspecified atom stereocenters. The van der Waals surface area contributed by atoms with E-state index in [-0.39, 0.29) is 24.3 Å². The highest BCUT2D eigenvalue weighted by Crippen LogP contribution is 2.30. The standard InChI is InChI=1S/C30H36ClN3O5/c1-21-11-13-26(38-21)28(29(35)32-23-8-3-2-4-9-23)34(19-22-7-5-6-10-25(22)31)30(36)27-14-12-24(39-27)20-33-15-17-37-18-16-33/h5-7,10-14,23,28H,2-4,8-9,15-20H2,1H3,(H,32,35)/t28-/m1/s1. The molecule has 39 heavy (non-hydrogen) atoms. The quantitative estimate of drug-likeness (QED) is 0.376. The largest absolute Gasteiger partial charge is 0.464 e. The van der Waals surface area contributed by atoms with Crippen molar-refractivity contribution in [3.8, 4) is 0 Å². The fourth-order valence-electron chi connectivity index (χ4n) is 5.34. The van der Waals surface area contributed by atoms with E-state index in [1.807, 2.05) is 37.3 Å². The first-order valence-corrected chi connectivity index (χ1v) is 14.2. The van der Waals surface area contributed by atoms with Crippen molar-refractivity contribution in [2.24, 2.45) is 0 Å². The summed E-state index contributed by atoms with van der Waals surface area (Å²) in [6.45, 7) is 5.50. The molecule has 1 N–H and O–H groups in total. The summed E-state index contributed by atoms with van der Waals surface area (Å²) in [5.41, 5.74) is 0.728. The molecule has 1 saturated carbocycles. The molecule has 2 aliphatic rings. The Balaban J connectivity index is 1.46. The van der Waals surface area contributed by atoms with Crippen LogP contribution in [0.3, 0.4) is 0 Å². The second kappa shape index (κ2) is 12.9. The molecule has 2 fully saturated rings. The zero-order chi connectivity index (χ0) is 27.2. The molecule has 0 spiro atoms. The maximum Gasteiger partial charge on any atom is 0.290 e. The molecule has 0 radical (unpaired) electrons. The molecule has 1 atom stereocenters. The first kappa shape index (κ1) is 27.5. The normalized spacial score (nSPS) is 17.6. The Morgan fingerprint density at radius 3 is 2.51 bits per heavy atom. The molecule has 8 nitrogen and oxygen atoms in total. The van der Waals surface area contributed by atoms with E-state index in [1.54, 1.807) is 18.2 Å². The Morgan fingerprint density at radius 1 is 1.03 bits per heavy atom. The summed E-state index contributed by atoms with van der Waals surface area (Å²) in [6, 6.07) is 13.5. The molecule has 3 aromatic rings. The van der Waals surface area contributed by atoms with Crippen molar-refractivity contribution in [2.45, 2.75) is 64.2 Å². The maximum atomic E-state index is 14.1. The van der Waals surface area contributed by atoms with Gasteiger partial charge in [0.25, 0.3) is 11.8 Å². The lowest BCUT2D eigenvalue weighted by Gasteiger charge is -2.32. The van der Waals surface area contributed by atoms with Crippen LogP contribution in [-0.4, -0.2) is 54.0 Å². The van der Waals surface area contributed by atoms with Gasteiger partial charge in [-0.05, 0) is 55.7 Å². The van der Waals surface area contributed by atoms with E-state index in [0.717, 1.165) is 44.3 Å². The Morgan fingerprint density at radius 2 is 1.79 bits per heavy atom. The molecule has 1 saturated heterocycles. The third kappa shape index (κ3) is 6.93. The summed E-state index contributed by atoms with van der Waals surface area (Å²) in [5, 5.41) is 3.72. The minimum Gasteiger partial charge on any atom is -0.464 e. The molecule has 0 bridgehead atoms. The van der Waals surface area contributed by atoms with Gasteiger partial charge in [0.05, 0.1) is 19.8 Å². The molecule has 3 heterocycles. The highest BCUT2D eigenvalue weighted by Gasteiger charge is 2.37. The molecule has 1 aliphatic heterocycles. The molecule has 208 valence electrons. The topological polar surface area (TPSA) is 88.2 Å². The fraction of sp³-hybridized carbons (Fsp3) is 0.467. The van der Waals surface area contributed by atoms with Crippen molar-refractivity contribution in [2.75, 3.05) is 26.3 Å². The maximum absolute atomic E-state index is 14.1. The number of furan rings is 2. The lowest BCUT2D eigenvalue weighted by atomic mass is 9.95. The number of morpholine rings is 1. The van der Waals surface area contributed by atoms with Crippen LogP contribution in [-0.2, 0) is 22.6 Å². The summed E-state index contributed by atoms with van der Waals surface area (Å²) in [4.78, 5) is 31.7. The van der Waals surface area contributed by atoms with E-state index in [1.165, 1.54) is 11.3 Å². The van der Waals surface area contributed by atoms with Gasteiger partial charge in [0, 0.05) is 30.7 Å². The molecule has 1 aromatic carbocycles. The second-order valence-electron chi connectivity index (χ2n) is 10.4. The van der Waals surface area contributed by atoms with Crippen LogP contribution in [0.1, 0.15) is 71.5 Å². The van der Waals surface area contributed by atoms with Crippen LogP contribution in [0.2, 0.25) is 5.02 Å². The highest BCUT2D eigenvalue weighted by atomic mass is 35.5. The number of rotatable bonds is 9. The SMILES string of the molecule is Cc1ccc([C@H](C(=O)NC2CCCCC2)N(Cc2ccccc2Cl)C(=O)c2ccc(CN3CCOCC3)o2)o1. The van der Waals surface area contributed by atoms with Crippen molar-refractivity contribution < 1.29 is 23.2 Å². The molecular formula is C30H36ClN3O5. The minimum atomic E-state index is -0.989. The Kier molecular flexibility index (Phi) is 9.06. The van der Waals surface area contributed by atoms with Gasteiger partial charge in [-0.2, -0.15) is 0 Å². The van der Waals surface area contributed by atoms with E-state index >= 15 is 0 Å². The number of nitrogens with one attached hydrogen (secondary N) is 1. The van der Waals surface area contributed by atoms with Crippen LogP contribution in [0.25, 0.3) is 0 Å². The Hall–Kier alpha value is -3.07. The number of amides is 2. The van der Waals surface area contributed by atoms with Crippen LogP contribution < -0.4 is 5.32 Å². The number of aryl methyl sites for hydroxylation is 1. The monoisotopic (exact) mass is 553 g/mol. The van der Waals surface area contributed by atoms with Gasteiger partial charge in [0.15, 0.2) is 11.8 Å². The average Bonchev–Trinajstić information content (AvgIpc) is 3.59. The van der Waals surface area contributed by atoms with E-state index in [4.69, 9.17) is 25.2 Å². The third-order valence-electron chi connectivity index (χ3n) is 7.46. The van der Waals surface area contributed by atoms with Gasteiger partial charge in [-0.3, -0.25) is 14.5 Å². The number of hydrogen-bond donors (Lipinski definition) is 1. The second-order valence-corrected chi connectivity index (χ2v) is 10.8. The van der Waals surface area contributed by atoms with Crippen LogP contribution in [0.4, 0.5) is 0 Å². The fourth-order valence-corrected chi connectivity index (χ4v) is 5.54. The lowest BCUT2D eigenvalue weighted by Crippen LogP contribution is -2.46. The van der Waals surface area contributed by atoms with E-state index in [0.29, 0.717) is 42.1 Å². The van der Waals surface area contributed by atoms with Crippen molar-refractivity contribution in [1.82, 2.24) is 15.1 Å². The van der Waals surface area contributed by atoms with Gasteiger partial charge >= 0.3 is 0 Å². The summed E-state index contributed by atoms with van der Waals surface area (Å²) in [6.07, 6.45) is 5.19. The number of carbonyl (C=O) groups excluding carboxylic acids is 2. The lowest BCUT2D eigenvalue weighted by molar-refractivity contribution is -0.127. The third-order valence-corrected chi connectivity index (χ3v) is 7.83. The van der Waals surface area contributed by atoms with Gasteiger partial charge in [0.1, 0.15) is 17.3 Å². The predicted molar refractivity (Wildman–Crippen MR) is 147 cm³/mol. The van der Waals surface area contributed by atoms with E-state index < -0.39 is 11.9 Å². The molecule has 9 heteroatoms. The zero-order valence-corrected chi connectivity index (χ0v) is 23.1. The van der Waals surface area contributed by atoms with E-state index in [2.05, 4.69) is 10.2 Å². The van der Waals surface area contributed by atoms with Crippen molar-refractivity contribution >= 4 is 23.4 Å². The Bertz CT molecular complexity index is 1260. The predicted octanol–water partition coefficient (Wildman–Crippen LogP) is 5.50. The van der Waals surface area contributed by atoms with Crippen LogP contribution in [0.15, 0.2) is 57.4 Å². The van der Waals surface area contributed by atoms with Gasteiger partial charge in [-0.15, -0.1) is 0 Å². The van der Waals surface area contributed by atoms with E-state index in [9.17, 15) is 9.59 Å². The number of carbonyl (C=O) groups is 2. The summed E-state index contributed by atoms with van der Waals surface area (Å²) in [5.74, 6) is 1.26. The van der Waals surface area contributed by atoms with Gasteiger partial charge in [-0.1, -0.05) is 49.1 Å². The molecule has 2 amide bonds.